The van der Waals surface area contributed by atoms with E-state index in [0.29, 0.717) is 12.1 Å². The summed E-state index contributed by atoms with van der Waals surface area (Å²) in [5.74, 6) is 0.739. The van der Waals surface area contributed by atoms with Gasteiger partial charge in [0.2, 0.25) is 0 Å². The van der Waals surface area contributed by atoms with E-state index in [9.17, 15) is 4.79 Å². The molecule has 29 heavy (non-hydrogen) atoms. The van der Waals surface area contributed by atoms with Crippen molar-refractivity contribution in [1.29, 1.82) is 0 Å². The van der Waals surface area contributed by atoms with Crippen molar-refractivity contribution in [3.05, 3.63) is 65.5 Å². The van der Waals surface area contributed by atoms with Crippen LogP contribution >= 0.6 is 0 Å². The SMILES string of the molecule is CNC(=O)N1N=C(c2ccc(-n3cnnn3)cc2)c2cc(OC)ccc2CC1C. The van der Waals surface area contributed by atoms with Crippen LogP contribution < -0.4 is 10.1 Å². The minimum atomic E-state index is -0.250. The number of rotatable bonds is 3. The van der Waals surface area contributed by atoms with Crippen molar-refractivity contribution in [2.45, 2.75) is 19.4 Å². The summed E-state index contributed by atoms with van der Waals surface area (Å²) < 4.78 is 7.00. The van der Waals surface area contributed by atoms with Crippen molar-refractivity contribution in [2.75, 3.05) is 14.2 Å². The van der Waals surface area contributed by atoms with E-state index in [1.54, 1.807) is 18.8 Å². The second kappa shape index (κ2) is 7.70. The Bertz CT molecular complexity index is 1050. The van der Waals surface area contributed by atoms with Gasteiger partial charge in [0.15, 0.2) is 0 Å². The molecule has 0 saturated carbocycles. The number of tetrazole rings is 1. The van der Waals surface area contributed by atoms with Gasteiger partial charge >= 0.3 is 6.03 Å². The van der Waals surface area contributed by atoms with Gasteiger partial charge in [0.25, 0.3) is 0 Å². The van der Waals surface area contributed by atoms with Crippen LogP contribution in [0.4, 0.5) is 4.79 Å². The molecule has 9 heteroatoms. The van der Waals surface area contributed by atoms with Crippen LogP contribution in [0.15, 0.2) is 53.9 Å². The van der Waals surface area contributed by atoms with Gasteiger partial charge in [0.05, 0.1) is 24.6 Å². The second-order valence-corrected chi connectivity index (χ2v) is 6.73. The standard InChI is InChI=1S/C20H21N7O2/c1-13-10-15-6-9-17(29-3)11-18(15)19(23-27(13)20(28)21-2)14-4-7-16(8-5-14)26-12-22-24-25-26/h4-9,11-13H,10H2,1-3H3,(H,21,28). The quantitative estimate of drug-likeness (QED) is 0.737. The number of nitrogens with zero attached hydrogens (tertiary/aromatic N) is 6. The Morgan fingerprint density at radius 1 is 1.21 bits per heavy atom. The maximum Gasteiger partial charge on any atom is 0.337 e. The minimum absolute atomic E-state index is 0.0971. The summed E-state index contributed by atoms with van der Waals surface area (Å²) in [5.41, 5.74) is 4.45. The molecular weight excluding hydrogens is 370 g/mol. The third kappa shape index (κ3) is 3.54. The molecule has 2 aromatic carbocycles. The molecule has 9 nitrogen and oxygen atoms in total. The molecule has 1 unspecified atom stereocenters. The maximum absolute atomic E-state index is 12.4. The van der Waals surface area contributed by atoms with E-state index >= 15 is 0 Å². The number of fused-ring (bicyclic) bond motifs is 1. The predicted molar refractivity (Wildman–Crippen MR) is 107 cm³/mol. The largest absolute Gasteiger partial charge is 0.497 e. The molecule has 0 spiro atoms. The van der Waals surface area contributed by atoms with Gasteiger partial charge in [0.1, 0.15) is 12.1 Å². The van der Waals surface area contributed by atoms with E-state index in [0.717, 1.165) is 28.1 Å². The Kier molecular flexibility index (Phi) is 4.94. The summed E-state index contributed by atoms with van der Waals surface area (Å²) >= 11 is 0. The summed E-state index contributed by atoms with van der Waals surface area (Å²) in [7, 11) is 3.24. The number of hydrazone groups is 1. The molecule has 1 atom stereocenters. The van der Waals surface area contributed by atoms with Gasteiger partial charge in [-0.15, -0.1) is 5.10 Å². The molecular formula is C20H21N7O2. The van der Waals surface area contributed by atoms with Crippen molar-refractivity contribution >= 4 is 11.7 Å². The zero-order valence-corrected chi connectivity index (χ0v) is 16.4. The van der Waals surface area contributed by atoms with Crippen LogP contribution in [0.25, 0.3) is 5.69 Å². The van der Waals surface area contributed by atoms with Gasteiger partial charge in [0, 0.05) is 18.2 Å². The molecule has 1 N–H and O–H groups in total. The smallest absolute Gasteiger partial charge is 0.337 e. The van der Waals surface area contributed by atoms with Crippen LogP contribution in [0.1, 0.15) is 23.6 Å². The monoisotopic (exact) mass is 391 g/mol. The third-order valence-electron chi connectivity index (χ3n) is 4.89. The maximum atomic E-state index is 12.4. The fourth-order valence-electron chi connectivity index (χ4n) is 3.37. The predicted octanol–water partition coefficient (Wildman–Crippen LogP) is 2.01. The number of carbonyl (C=O) groups is 1. The Hall–Kier alpha value is -3.75. The van der Waals surface area contributed by atoms with E-state index in [-0.39, 0.29) is 12.1 Å². The highest BCUT2D eigenvalue weighted by atomic mass is 16.5. The van der Waals surface area contributed by atoms with Gasteiger partial charge in [-0.25, -0.2) is 14.5 Å². The highest BCUT2D eigenvalue weighted by Crippen LogP contribution is 2.27. The Morgan fingerprint density at radius 3 is 2.66 bits per heavy atom. The number of benzene rings is 2. The van der Waals surface area contributed by atoms with E-state index < -0.39 is 0 Å². The minimum Gasteiger partial charge on any atom is -0.497 e. The van der Waals surface area contributed by atoms with Crippen molar-refractivity contribution in [3.8, 4) is 11.4 Å². The molecule has 0 saturated heterocycles. The first-order chi connectivity index (χ1) is 14.1. The molecule has 0 radical (unpaired) electrons. The van der Waals surface area contributed by atoms with E-state index in [1.807, 2.05) is 49.4 Å². The van der Waals surface area contributed by atoms with Crippen LogP contribution in [0, 0.1) is 0 Å². The first-order valence-corrected chi connectivity index (χ1v) is 9.21. The summed E-state index contributed by atoms with van der Waals surface area (Å²) in [6, 6.07) is 13.3. The molecule has 0 fully saturated rings. The molecule has 1 aliphatic rings. The van der Waals surface area contributed by atoms with Gasteiger partial charge in [-0.3, -0.25) is 0 Å². The lowest BCUT2D eigenvalue weighted by atomic mass is 9.94. The van der Waals surface area contributed by atoms with Crippen molar-refractivity contribution in [3.63, 3.8) is 0 Å². The average molecular weight is 391 g/mol. The van der Waals surface area contributed by atoms with E-state index in [2.05, 4.69) is 20.8 Å². The fraction of sp³-hybridized carbons (Fsp3) is 0.250. The zero-order chi connectivity index (χ0) is 20.4. The molecule has 0 aliphatic carbocycles. The summed E-state index contributed by atoms with van der Waals surface area (Å²) in [4.78, 5) is 12.4. The molecule has 0 bridgehead atoms. The van der Waals surface area contributed by atoms with Crippen LogP contribution in [0.5, 0.6) is 5.75 Å². The van der Waals surface area contributed by atoms with Crippen LogP contribution in [-0.2, 0) is 6.42 Å². The Morgan fingerprint density at radius 2 is 2.00 bits per heavy atom. The molecule has 148 valence electrons. The molecule has 2 heterocycles. The number of ether oxygens (including phenoxy) is 1. The van der Waals surface area contributed by atoms with Gasteiger partial charge in [-0.1, -0.05) is 18.2 Å². The first kappa shape index (κ1) is 18.6. The van der Waals surface area contributed by atoms with Crippen molar-refractivity contribution in [2.24, 2.45) is 5.10 Å². The number of hydrogen-bond acceptors (Lipinski definition) is 6. The molecule has 1 aliphatic heterocycles. The molecule has 4 rings (SSSR count). The molecule has 1 aromatic heterocycles. The van der Waals surface area contributed by atoms with Crippen LogP contribution in [-0.4, -0.2) is 57.2 Å². The van der Waals surface area contributed by atoms with Gasteiger partial charge < -0.3 is 10.1 Å². The van der Waals surface area contributed by atoms with Crippen LogP contribution in [0.2, 0.25) is 0 Å². The van der Waals surface area contributed by atoms with Crippen LogP contribution in [0.3, 0.4) is 0 Å². The van der Waals surface area contributed by atoms with Gasteiger partial charge in [-0.2, -0.15) is 5.10 Å². The number of nitrogens with one attached hydrogen (secondary N) is 1. The lowest BCUT2D eigenvalue weighted by molar-refractivity contribution is 0.184. The lowest BCUT2D eigenvalue weighted by Gasteiger charge is -2.22. The Labute approximate surface area is 168 Å². The Balaban J connectivity index is 1.84. The van der Waals surface area contributed by atoms with Crippen molar-refractivity contribution < 1.29 is 9.53 Å². The number of aromatic nitrogens is 4. The highest BCUT2D eigenvalue weighted by molar-refractivity contribution is 6.14. The lowest BCUT2D eigenvalue weighted by Crippen LogP contribution is -2.41. The third-order valence-corrected chi connectivity index (χ3v) is 4.89. The van der Waals surface area contributed by atoms with E-state index in [1.165, 1.54) is 11.3 Å². The summed E-state index contributed by atoms with van der Waals surface area (Å²) in [5, 5.41) is 20.1. The number of methoxy groups -OCH3 is 1. The first-order valence-electron chi connectivity index (χ1n) is 9.21. The fourth-order valence-corrected chi connectivity index (χ4v) is 3.37. The number of amides is 2. The summed E-state index contributed by atoms with van der Waals surface area (Å²) in [6.07, 6.45) is 2.22. The number of hydrogen-bond donors (Lipinski definition) is 1. The van der Waals surface area contributed by atoms with Crippen molar-refractivity contribution in [1.82, 2.24) is 30.5 Å². The molecule has 2 amide bonds. The zero-order valence-electron chi connectivity index (χ0n) is 16.4. The second-order valence-electron chi connectivity index (χ2n) is 6.73. The summed E-state index contributed by atoms with van der Waals surface area (Å²) in [6.45, 7) is 1.98. The number of carbonyl (C=O) groups excluding carboxylic acids is 1. The molecule has 3 aromatic rings. The topological polar surface area (TPSA) is 97.5 Å². The average Bonchev–Trinajstić information content (AvgIpc) is 3.25. The number of urea groups is 1. The van der Waals surface area contributed by atoms with Gasteiger partial charge in [-0.05, 0) is 53.6 Å². The highest BCUT2D eigenvalue weighted by Gasteiger charge is 2.27. The normalized spacial score (nSPS) is 15.9. The van der Waals surface area contributed by atoms with E-state index in [4.69, 9.17) is 9.84 Å².